The molecule has 0 aliphatic heterocycles. The Kier molecular flexibility index (Phi) is 5.69. The first kappa shape index (κ1) is 20.9. The van der Waals surface area contributed by atoms with Crippen LogP contribution >= 0.6 is 11.6 Å². The minimum atomic E-state index is -0.457. The van der Waals surface area contributed by atoms with Gasteiger partial charge in [0.1, 0.15) is 17.2 Å². The van der Waals surface area contributed by atoms with Crippen LogP contribution in [0.2, 0.25) is 5.02 Å². The summed E-state index contributed by atoms with van der Waals surface area (Å²) < 4.78 is 10.8. The van der Waals surface area contributed by atoms with Gasteiger partial charge in [-0.3, -0.25) is 4.79 Å². The van der Waals surface area contributed by atoms with E-state index in [-0.39, 0.29) is 30.2 Å². The van der Waals surface area contributed by atoms with Crippen LogP contribution in [0.1, 0.15) is 31.3 Å². The Morgan fingerprint density at radius 1 is 1.26 bits per heavy atom. The fourth-order valence-corrected chi connectivity index (χ4v) is 3.68. The van der Waals surface area contributed by atoms with E-state index in [4.69, 9.17) is 20.8 Å². The highest BCUT2D eigenvalue weighted by Crippen LogP contribution is 2.31. The van der Waals surface area contributed by atoms with Crippen molar-refractivity contribution in [3.05, 3.63) is 69.3 Å². The number of aromatic nitrogens is 2. The molecule has 2 heterocycles. The Morgan fingerprint density at radius 3 is 2.77 bits per heavy atom. The summed E-state index contributed by atoms with van der Waals surface area (Å²) in [5, 5.41) is 4.01. The van der Waals surface area contributed by atoms with Crippen LogP contribution in [0.3, 0.4) is 0 Å². The first-order valence-corrected chi connectivity index (χ1v) is 10.3. The number of benzene rings is 2. The molecule has 0 unspecified atom stereocenters. The van der Waals surface area contributed by atoms with Crippen molar-refractivity contribution in [2.45, 2.75) is 26.8 Å². The lowest BCUT2D eigenvalue weighted by Crippen LogP contribution is -2.35. The Balaban J connectivity index is 1.50. The van der Waals surface area contributed by atoms with Crippen molar-refractivity contribution in [1.82, 2.24) is 15.3 Å². The number of fused-ring (bicyclic) bond motifs is 2. The van der Waals surface area contributed by atoms with E-state index >= 15 is 0 Å². The van der Waals surface area contributed by atoms with Crippen LogP contribution in [-0.2, 0) is 4.79 Å². The molecule has 0 saturated carbocycles. The topological polar surface area (TPSA) is 97.2 Å². The molecule has 0 aliphatic carbocycles. The molecule has 7 nitrogen and oxygen atoms in total. The molecule has 31 heavy (non-hydrogen) atoms. The first-order valence-electron chi connectivity index (χ1n) is 9.92. The maximum atomic E-state index is 12.6. The number of imidazole rings is 1. The number of amides is 1. The Bertz CT molecular complexity index is 1290. The number of hydrogen-bond donors (Lipinski definition) is 2. The lowest BCUT2D eigenvalue weighted by atomic mass is 10.0. The largest absolute Gasteiger partial charge is 0.482 e. The highest BCUT2D eigenvalue weighted by Gasteiger charge is 2.22. The molecule has 0 fully saturated rings. The number of carbonyl (C=O) groups excluding carboxylic acids is 1. The second kappa shape index (κ2) is 8.43. The van der Waals surface area contributed by atoms with E-state index < -0.39 is 5.63 Å². The molecule has 0 radical (unpaired) electrons. The number of nitrogens with zero attached hydrogens (tertiary/aromatic N) is 1. The number of nitrogens with one attached hydrogen (secondary N) is 2. The van der Waals surface area contributed by atoms with Gasteiger partial charge in [-0.1, -0.05) is 37.6 Å². The van der Waals surface area contributed by atoms with Crippen LogP contribution < -0.4 is 15.7 Å². The SMILES string of the molecule is Cc1cc(=O)oc2cc(OCC(=O)N[C@@H](c3nc4ccccc4[nH]3)C(C)C)c(Cl)cc12. The van der Waals surface area contributed by atoms with Crippen molar-refractivity contribution in [3.63, 3.8) is 0 Å². The number of rotatable bonds is 6. The van der Waals surface area contributed by atoms with E-state index in [0.717, 1.165) is 16.6 Å². The molecular formula is C23H22ClN3O4. The Morgan fingerprint density at radius 2 is 2.03 bits per heavy atom. The average molecular weight is 440 g/mol. The molecule has 0 saturated heterocycles. The molecule has 2 aromatic heterocycles. The molecular weight excluding hydrogens is 418 g/mol. The van der Waals surface area contributed by atoms with E-state index in [9.17, 15) is 9.59 Å². The van der Waals surface area contributed by atoms with E-state index in [1.54, 1.807) is 13.0 Å². The quantitative estimate of drug-likeness (QED) is 0.430. The number of aryl methyl sites for hydroxylation is 1. The fourth-order valence-electron chi connectivity index (χ4n) is 3.46. The van der Waals surface area contributed by atoms with Gasteiger partial charge in [0.25, 0.3) is 5.91 Å². The first-order chi connectivity index (χ1) is 14.8. The summed E-state index contributed by atoms with van der Waals surface area (Å²) in [4.78, 5) is 32.1. The van der Waals surface area contributed by atoms with Crippen molar-refractivity contribution in [1.29, 1.82) is 0 Å². The lowest BCUT2D eigenvalue weighted by Gasteiger charge is -2.20. The summed E-state index contributed by atoms with van der Waals surface area (Å²) in [6, 6.07) is 12.0. The van der Waals surface area contributed by atoms with Crippen LogP contribution in [-0.4, -0.2) is 22.5 Å². The zero-order valence-corrected chi connectivity index (χ0v) is 18.1. The fraction of sp³-hybridized carbons (Fsp3) is 0.261. The second-order valence-corrected chi connectivity index (χ2v) is 8.15. The zero-order chi connectivity index (χ0) is 22.1. The maximum Gasteiger partial charge on any atom is 0.336 e. The number of H-pyrrole nitrogens is 1. The van der Waals surface area contributed by atoms with Gasteiger partial charge in [0, 0.05) is 17.5 Å². The lowest BCUT2D eigenvalue weighted by molar-refractivity contribution is -0.124. The molecule has 160 valence electrons. The monoisotopic (exact) mass is 439 g/mol. The van der Waals surface area contributed by atoms with Gasteiger partial charge >= 0.3 is 5.63 Å². The Labute approximate surface area is 183 Å². The van der Waals surface area contributed by atoms with Crippen LogP contribution in [0.4, 0.5) is 0 Å². The third-order valence-electron chi connectivity index (χ3n) is 5.05. The van der Waals surface area contributed by atoms with Crippen LogP contribution in [0, 0.1) is 12.8 Å². The third kappa shape index (κ3) is 4.41. The summed E-state index contributed by atoms with van der Waals surface area (Å²) in [6.07, 6.45) is 0. The van der Waals surface area contributed by atoms with Gasteiger partial charge in [0.05, 0.1) is 22.1 Å². The molecule has 1 amide bonds. The normalized spacial score (nSPS) is 12.4. The smallest absolute Gasteiger partial charge is 0.336 e. The van der Waals surface area contributed by atoms with Crippen molar-refractivity contribution < 1.29 is 13.9 Å². The molecule has 4 rings (SSSR count). The van der Waals surface area contributed by atoms with Crippen LogP contribution in [0.25, 0.3) is 22.0 Å². The molecule has 8 heteroatoms. The van der Waals surface area contributed by atoms with Gasteiger partial charge < -0.3 is 19.5 Å². The van der Waals surface area contributed by atoms with Crippen molar-refractivity contribution in [3.8, 4) is 5.75 Å². The van der Waals surface area contributed by atoms with Crippen LogP contribution in [0.15, 0.2) is 51.7 Å². The molecule has 0 aliphatic rings. The van der Waals surface area contributed by atoms with Gasteiger partial charge in [-0.05, 0) is 36.6 Å². The minimum Gasteiger partial charge on any atom is -0.482 e. The van der Waals surface area contributed by atoms with E-state index in [2.05, 4.69) is 15.3 Å². The maximum absolute atomic E-state index is 12.6. The number of ether oxygens (including phenoxy) is 1. The summed E-state index contributed by atoms with van der Waals surface area (Å²) in [7, 11) is 0. The van der Waals surface area contributed by atoms with Crippen molar-refractivity contribution in [2.75, 3.05) is 6.61 Å². The van der Waals surface area contributed by atoms with Crippen molar-refractivity contribution >= 4 is 39.5 Å². The van der Waals surface area contributed by atoms with E-state index in [0.29, 0.717) is 21.8 Å². The molecule has 1 atom stereocenters. The van der Waals surface area contributed by atoms with Gasteiger partial charge in [-0.25, -0.2) is 9.78 Å². The summed E-state index contributed by atoms with van der Waals surface area (Å²) in [5.41, 5.74) is 2.40. The number of carbonyl (C=O) groups is 1. The molecule has 0 bridgehead atoms. The van der Waals surface area contributed by atoms with Gasteiger partial charge in [-0.15, -0.1) is 0 Å². The number of para-hydroxylation sites is 2. The molecule has 4 aromatic rings. The van der Waals surface area contributed by atoms with Gasteiger partial charge in [-0.2, -0.15) is 0 Å². The predicted octanol–water partition coefficient (Wildman–Crippen LogP) is 4.52. The summed E-state index contributed by atoms with van der Waals surface area (Å²) in [6.45, 7) is 5.56. The number of hydrogen-bond acceptors (Lipinski definition) is 5. The van der Waals surface area contributed by atoms with Gasteiger partial charge in [0.15, 0.2) is 6.61 Å². The highest BCUT2D eigenvalue weighted by atomic mass is 35.5. The molecule has 2 N–H and O–H groups in total. The summed E-state index contributed by atoms with van der Waals surface area (Å²) >= 11 is 6.30. The molecule has 0 spiro atoms. The molecule has 2 aromatic carbocycles. The number of aromatic amines is 1. The highest BCUT2D eigenvalue weighted by molar-refractivity contribution is 6.32. The summed E-state index contributed by atoms with van der Waals surface area (Å²) in [5.74, 6) is 0.737. The van der Waals surface area contributed by atoms with Crippen LogP contribution in [0.5, 0.6) is 5.75 Å². The average Bonchev–Trinajstić information content (AvgIpc) is 3.14. The Hall–Kier alpha value is -3.32. The van der Waals surface area contributed by atoms with Crippen molar-refractivity contribution in [2.24, 2.45) is 5.92 Å². The standard InChI is InChI=1S/C23H22ClN3O4/c1-12(2)22(23-25-16-6-4-5-7-17(16)26-23)27-20(28)11-30-19-10-18-14(9-15(19)24)13(3)8-21(29)31-18/h4-10,12,22H,11H2,1-3H3,(H,25,26)(H,27,28)/t22-/m1/s1. The third-order valence-corrected chi connectivity index (χ3v) is 5.34. The minimum absolute atomic E-state index is 0.103. The zero-order valence-electron chi connectivity index (χ0n) is 17.4. The van der Waals surface area contributed by atoms with E-state index in [1.807, 2.05) is 38.1 Å². The second-order valence-electron chi connectivity index (χ2n) is 7.74. The predicted molar refractivity (Wildman–Crippen MR) is 120 cm³/mol. The number of halogens is 1. The van der Waals surface area contributed by atoms with E-state index in [1.165, 1.54) is 12.1 Å². The van der Waals surface area contributed by atoms with Gasteiger partial charge in [0.2, 0.25) is 0 Å².